The molecular formula is C16H13NO4. The number of rotatable bonds is 4. The first-order valence-corrected chi connectivity index (χ1v) is 6.48. The van der Waals surface area contributed by atoms with Crippen molar-refractivity contribution in [2.24, 2.45) is 5.16 Å². The van der Waals surface area contributed by atoms with Crippen LogP contribution in [0.3, 0.4) is 0 Å². The van der Waals surface area contributed by atoms with Crippen LogP contribution in [0.4, 0.5) is 0 Å². The second-order valence-electron chi connectivity index (χ2n) is 4.47. The maximum Gasteiger partial charge on any atom is 0.339 e. The van der Waals surface area contributed by atoms with Crippen molar-refractivity contribution in [1.29, 1.82) is 0 Å². The summed E-state index contributed by atoms with van der Waals surface area (Å²) in [5.41, 5.74) is 1.66. The lowest BCUT2D eigenvalue weighted by molar-refractivity contribution is -0.142. The predicted octanol–water partition coefficient (Wildman–Crippen LogP) is 2.54. The van der Waals surface area contributed by atoms with Crippen molar-refractivity contribution in [2.75, 3.05) is 6.79 Å². The van der Waals surface area contributed by atoms with Crippen LogP contribution in [0.5, 0.6) is 11.5 Å². The normalized spacial score (nSPS) is 12.6. The van der Waals surface area contributed by atoms with Gasteiger partial charge < -0.3 is 14.3 Å². The van der Waals surface area contributed by atoms with E-state index < -0.39 is 5.97 Å². The Bertz CT molecular complexity index is 667. The highest BCUT2D eigenvalue weighted by Crippen LogP contribution is 2.31. The summed E-state index contributed by atoms with van der Waals surface area (Å²) >= 11 is 0. The molecule has 21 heavy (non-hydrogen) atoms. The van der Waals surface area contributed by atoms with E-state index in [9.17, 15) is 4.79 Å². The van der Waals surface area contributed by atoms with Crippen molar-refractivity contribution in [3.8, 4) is 11.5 Å². The number of ether oxygens (including phenoxy) is 2. The van der Waals surface area contributed by atoms with Crippen LogP contribution in [0.1, 0.15) is 11.1 Å². The molecule has 0 saturated carbocycles. The molecule has 0 bridgehead atoms. The standard InChI is InChI=1S/C16H13NO4/c18-16(9-12-4-2-1-3-5-12)21-17-10-13-6-7-14-15(8-13)20-11-19-14/h1-8,10H,9,11H2/b17-10-. The fourth-order valence-corrected chi connectivity index (χ4v) is 1.93. The summed E-state index contributed by atoms with van der Waals surface area (Å²) < 4.78 is 10.5. The van der Waals surface area contributed by atoms with Gasteiger partial charge in [0.05, 0.1) is 12.6 Å². The van der Waals surface area contributed by atoms with Gasteiger partial charge in [-0.15, -0.1) is 0 Å². The molecule has 0 aliphatic carbocycles. The lowest BCUT2D eigenvalue weighted by Gasteiger charge is -1.99. The number of benzene rings is 2. The van der Waals surface area contributed by atoms with E-state index >= 15 is 0 Å². The van der Waals surface area contributed by atoms with Crippen molar-refractivity contribution in [3.63, 3.8) is 0 Å². The molecule has 1 aliphatic rings. The van der Waals surface area contributed by atoms with E-state index in [1.165, 1.54) is 6.21 Å². The van der Waals surface area contributed by atoms with Gasteiger partial charge in [-0.05, 0) is 23.8 Å². The number of hydrogen-bond donors (Lipinski definition) is 0. The molecule has 0 N–H and O–H groups in total. The molecule has 0 fully saturated rings. The van der Waals surface area contributed by atoms with Gasteiger partial charge in [0.1, 0.15) is 0 Å². The summed E-state index contributed by atoms with van der Waals surface area (Å²) in [6.45, 7) is 0.224. The number of nitrogens with zero attached hydrogens (tertiary/aromatic N) is 1. The van der Waals surface area contributed by atoms with Crippen molar-refractivity contribution >= 4 is 12.2 Å². The van der Waals surface area contributed by atoms with Crippen molar-refractivity contribution < 1.29 is 19.1 Å². The lowest BCUT2D eigenvalue weighted by atomic mass is 10.2. The van der Waals surface area contributed by atoms with Gasteiger partial charge in [-0.1, -0.05) is 35.5 Å². The van der Waals surface area contributed by atoms with Crippen LogP contribution in [-0.4, -0.2) is 19.0 Å². The summed E-state index contributed by atoms with van der Waals surface area (Å²) in [5, 5.41) is 3.69. The third-order valence-electron chi connectivity index (χ3n) is 2.94. The smallest absolute Gasteiger partial charge is 0.339 e. The minimum Gasteiger partial charge on any atom is -0.454 e. The molecule has 5 heteroatoms. The topological polar surface area (TPSA) is 57.1 Å². The third-order valence-corrected chi connectivity index (χ3v) is 2.94. The average molecular weight is 283 g/mol. The number of carbonyl (C=O) groups excluding carboxylic acids is 1. The second kappa shape index (κ2) is 6.09. The van der Waals surface area contributed by atoms with Gasteiger partial charge in [-0.2, -0.15) is 0 Å². The molecule has 0 radical (unpaired) electrons. The van der Waals surface area contributed by atoms with Gasteiger partial charge >= 0.3 is 5.97 Å². The fraction of sp³-hybridized carbons (Fsp3) is 0.125. The molecule has 0 atom stereocenters. The Morgan fingerprint density at radius 1 is 1.14 bits per heavy atom. The van der Waals surface area contributed by atoms with E-state index in [1.807, 2.05) is 36.4 Å². The number of hydrogen-bond acceptors (Lipinski definition) is 5. The zero-order valence-electron chi connectivity index (χ0n) is 11.2. The maximum absolute atomic E-state index is 11.6. The average Bonchev–Trinajstić information content (AvgIpc) is 2.96. The first kappa shape index (κ1) is 13.2. The van der Waals surface area contributed by atoms with Gasteiger partial charge in [0, 0.05) is 5.56 Å². The van der Waals surface area contributed by atoms with Crippen LogP contribution >= 0.6 is 0 Å². The molecule has 0 saturated heterocycles. The van der Waals surface area contributed by atoms with Gasteiger partial charge in [0.15, 0.2) is 11.5 Å². The summed E-state index contributed by atoms with van der Waals surface area (Å²) in [6.07, 6.45) is 1.66. The first-order chi connectivity index (χ1) is 10.3. The molecule has 2 aromatic rings. The van der Waals surface area contributed by atoms with Crippen molar-refractivity contribution in [1.82, 2.24) is 0 Å². The summed E-state index contributed by atoms with van der Waals surface area (Å²) in [6, 6.07) is 14.7. The molecule has 1 heterocycles. The zero-order valence-corrected chi connectivity index (χ0v) is 11.2. The highest BCUT2D eigenvalue weighted by atomic mass is 16.7. The molecule has 2 aromatic carbocycles. The molecule has 0 amide bonds. The van der Waals surface area contributed by atoms with Gasteiger partial charge in [0.25, 0.3) is 0 Å². The quantitative estimate of drug-likeness (QED) is 0.491. The first-order valence-electron chi connectivity index (χ1n) is 6.48. The van der Waals surface area contributed by atoms with Gasteiger partial charge in [0.2, 0.25) is 6.79 Å². The molecule has 0 spiro atoms. The van der Waals surface area contributed by atoms with Crippen LogP contribution in [0.15, 0.2) is 53.7 Å². The van der Waals surface area contributed by atoms with Crippen LogP contribution in [0.25, 0.3) is 0 Å². The molecular weight excluding hydrogens is 270 g/mol. The molecule has 1 aliphatic heterocycles. The minimum atomic E-state index is -0.404. The third kappa shape index (κ3) is 3.39. The number of carbonyl (C=O) groups is 1. The van der Waals surface area contributed by atoms with Crippen LogP contribution in [0, 0.1) is 0 Å². The largest absolute Gasteiger partial charge is 0.454 e. The Kier molecular flexibility index (Phi) is 3.82. The van der Waals surface area contributed by atoms with E-state index in [2.05, 4.69) is 5.16 Å². The van der Waals surface area contributed by atoms with Crippen molar-refractivity contribution in [3.05, 3.63) is 59.7 Å². The highest BCUT2D eigenvalue weighted by molar-refractivity contribution is 5.81. The Morgan fingerprint density at radius 2 is 1.95 bits per heavy atom. The van der Waals surface area contributed by atoms with Crippen LogP contribution in [-0.2, 0) is 16.1 Å². The maximum atomic E-state index is 11.6. The summed E-state index contributed by atoms with van der Waals surface area (Å²) in [5.74, 6) is 0.959. The predicted molar refractivity (Wildman–Crippen MR) is 76.4 cm³/mol. The Morgan fingerprint density at radius 3 is 2.81 bits per heavy atom. The fourth-order valence-electron chi connectivity index (χ4n) is 1.93. The summed E-state index contributed by atoms with van der Waals surface area (Å²) in [7, 11) is 0. The van der Waals surface area contributed by atoms with E-state index in [0.29, 0.717) is 11.5 Å². The number of oxime groups is 1. The number of fused-ring (bicyclic) bond motifs is 1. The lowest BCUT2D eigenvalue weighted by Crippen LogP contribution is -2.04. The molecule has 3 rings (SSSR count). The summed E-state index contributed by atoms with van der Waals surface area (Å²) in [4.78, 5) is 16.4. The molecule has 0 aromatic heterocycles. The minimum absolute atomic E-state index is 0.194. The molecule has 0 unspecified atom stereocenters. The van der Waals surface area contributed by atoms with Gasteiger partial charge in [-0.3, -0.25) is 0 Å². The molecule has 5 nitrogen and oxygen atoms in total. The molecule has 106 valence electrons. The van der Waals surface area contributed by atoms with E-state index in [0.717, 1.165) is 11.1 Å². The van der Waals surface area contributed by atoms with Gasteiger partial charge in [-0.25, -0.2) is 4.79 Å². The second-order valence-corrected chi connectivity index (χ2v) is 4.47. The van der Waals surface area contributed by atoms with Crippen LogP contribution in [0.2, 0.25) is 0 Å². The Hall–Kier alpha value is -2.82. The zero-order chi connectivity index (χ0) is 14.5. The van der Waals surface area contributed by atoms with E-state index in [-0.39, 0.29) is 13.2 Å². The van der Waals surface area contributed by atoms with Crippen LogP contribution < -0.4 is 9.47 Å². The highest BCUT2D eigenvalue weighted by Gasteiger charge is 2.12. The monoisotopic (exact) mass is 283 g/mol. The SMILES string of the molecule is O=C(Cc1ccccc1)O/N=C\c1ccc2c(c1)OCO2. The van der Waals surface area contributed by atoms with E-state index in [4.69, 9.17) is 14.3 Å². The van der Waals surface area contributed by atoms with E-state index in [1.54, 1.807) is 12.1 Å². The Labute approximate surface area is 121 Å². The van der Waals surface area contributed by atoms with Crippen molar-refractivity contribution in [2.45, 2.75) is 6.42 Å². The Balaban J connectivity index is 1.56.